The Labute approximate surface area is 112 Å². The Balaban J connectivity index is 2.62. The van der Waals surface area contributed by atoms with Gasteiger partial charge in [0.2, 0.25) is 0 Å². The third-order valence-electron chi connectivity index (χ3n) is 2.96. The minimum Gasteiger partial charge on any atom is -0.744 e. The second kappa shape index (κ2) is 4.77. The van der Waals surface area contributed by atoms with Crippen LogP contribution < -0.4 is 4.18 Å². The standard InChI is InChI=1S/C11H14O6S2/c1-18(12,13)17-10-6-7-11(19(14,15)16)9-5-3-2-4-8(9)10/h6-7H,2-5H2,1H3,(H,14,15,16)/p-1. The topological polar surface area (TPSA) is 101 Å². The molecule has 0 aliphatic heterocycles. The van der Waals surface area contributed by atoms with Gasteiger partial charge in [-0.15, -0.1) is 0 Å². The Morgan fingerprint density at radius 3 is 2.16 bits per heavy atom. The molecular formula is C11H13O6S2-. The highest BCUT2D eigenvalue weighted by Crippen LogP contribution is 2.34. The summed E-state index contributed by atoms with van der Waals surface area (Å²) in [6.45, 7) is 0. The summed E-state index contributed by atoms with van der Waals surface area (Å²) in [6, 6.07) is 2.35. The van der Waals surface area contributed by atoms with Crippen LogP contribution in [0.25, 0.3) is 0 Å². The average Bonchev–Trinajstić information content (AvgIpc) is 2.25. The molecule has 0 unspecified atom stereocenters. The maximum Gasteiger partial charge on any atom is 0.306 e. The predicted molar refractivity (Wildman–Crippen MR) is 66.5 cm³/mol. The Kier molecular flexibility index (Phi) is 3.59. The number of rotatable bonds is 3. The van der Waals surface area contributed by atoms with Crippen LogP contribution in [0.15, 0.2) is 17.0 Å². The van der Waals surface area contributed by atoms with Crippen LogP contribution in [0.3, 0.4) is 0 Å². The van der Waals surface area contributed by atoms with Gasteiger partial charge in [0.25, 0.3) is 0 Å². The van der Waals surface area contributed by atoms with Gasteiger partial charge in [-0.05, 0) is 43.4 Å². The summed E-state index contributed by atoms with van der Waals surface area (Å²) in [7, 11) is -8.25. The van der Waals surface area contributed by atoms with Crippen molar-refractivity contribution in [1.82, 2.24) is 0 Å². The maximum absolute atomic E-state index is 11.2. The Morgan fingerprint density at radius 1 is 1.05 bits per heavy atom. The van der Waals surface area contributed by atoms with E-state index in [1.165, 1.54) is 6.07 Å². The third kappa shape index (κ3) is 3.26. The summed E-state index contributed by atoms with van der Waals surface area (Å²) >= 11 is 0. The molecule has 1 aromatic carbocycles. The van der Waals surface area contributed by atoms with Crippen LogP contribution >= 0.6 is 0 Å². The van der Waals surface area contributed by atoms with Crippen molar-refractivity contribution in [3.63, 3.8) is 0 Å². The molecule has 0 fully saturated rings. The average molecular weight is 305 g/mol. The summed E-state index contributed by atoms with van der Waals surface area (Å²) in [5.41, 5.74) is 0.899. The van der Waals surface area contributed by atoms with Gasteiger partial charge in [0.05, 0.1) is 11.2 Å². The van der Waals surface area contributed by atoms with Crippen LogP contribution in [0, 0.1) is 0 Å². The van der Waals surface area contributed by atoms with Crippen molar-refractivity contribution in [2.45, 2.75) is 30.6 Å². The van der Waals surface area contributed by atoms with Crippen molar-refractivity contribution >= 4 is 20.2 Å². The van der Waals surface area contributed by atoms with Crippen molar-refractivity contribution in [3.05, 3.63) is 23.3 Å². The number of hydrogen-bond donors (Lipinski definition) is 0. The van der Waals surface area contributed by atoms with Crippen LogP contribution in [0.1, 0.15) is 24.0 Å². The van der Waals surface area contributed by atoms with E-state index in [1.54, 1.807) is 0 Å². The summed E-state index contributed by atoms with van der Waals surface area (Å²) in [5, 5.41) is 0. The van der Waals surface area contributed by atoms with Gasteiger partial charge in [0.15, 0.2) is 0 Å². The van der Waals surface area contributed by atoms with E-state index in [-0.39, 0.29) is 10.6 Å². The molecule has 0 aromatic heterocycles. The van der Waals surface area contributed by atoms with Crippen LogP contribution in [0.4, 0.5) is 0 Å². The predicted octanol–water partition coefficient (Wildman–Crippen LogP) is 0.808. The Morgan fingerprint density at radius 2 is 1.63 bits per heavy atom. The first-order valence-corrected chi connectivity index (χ1v) is 8.91. The van der Waals surface area contributed by atoms with Crippen LogP contribution in [0.2, 0.25) is 0 Å². The van der Waals surface area contributed by atoms with Crippen molar-refractivity contribution in [2.75, 3.05) is 6.26 Å². The van der Waals surface area contributed by atoms with Gasteiger partial charge in [0.1, 0.15) is 15.9 Å². The van der Waals surface area contributed by atoms with Crippen LogP contribution in [-0.2, 0) is 33.1 Å². The lowest BCUT2D eigenvalue weighted by Gasteiger charge is -2.23. The smallest absolute Gasteiger partial charge is 0.306 e. The molecule has 0 amide bonds. The van der Waals surface area contributed by atoms with Gasteiger partial charge in [-0.2, -0.15) is 8.42 Å². The van der Waals surface area contributed by atoms with Crippen molar-refractivity contribution < 1.29 is 25.6 Å². The molecule has 0 saturated carbocycles. The van der Waals surface area contributed by atoms with Crippen molar-refractivity contribution in [3.8, 4) is 5.75 Å². The summed E-state index contributed by atoms with van der Waals surface area (Å²) in [5.74, 6) is 0.115. The molecule has 0 atom stereocenters. The maximum atomic E-state index is 11.2. The van der Waals surface area contributed by atoms with Crippen molar-refractivity contribution in [1.29, 1.82) is 0 Å². The second-order valence-electron chi connectivity index (χ2n) is 4.47. The third-order valence-corrected chi connectivity index (χ3v) is 4.36. The fourth-order valence-corrected chi connectivity index (χ4v) is 3.52. The Bertz CT molecular complexity index is 703. The van der Waals surface area contributed by atoms with E-state index in [0.29, 0.717) is 24.0 Å². The largest absolute Gasteiger partial charge is 0.744 e. The zero-order valence-corrected chi connectivity index (χ0v) is 11.9. The zero-order valence-electron chi connectivity index (χ0n) is 10.2. The van der Waals surface area contributed by atoms with Gasteiger partial charge in [-0.1, -0.05) is 0 Å². The zero-order chi connectivity index (χ0) is 14.3. The highest BCUT2D eigenvalue weighted by molar-refractivity contribution is 7.86. The lowest BCUT2D eigenvalue weighted by Crippen LogP contribution is -2.14. The van der Waals surface area contributed by atoms with E-state index < -0.39 is 20.2 Å². The van der Waals surface area contributed by atoms with E-state index in [9.17, 15) is 21.4 Å². The van der Waals surface area contributed by atoms with E-state index in [1.807, 2.05) is 0 Å². The molecule has 2 rings (SSSR count). The molecule has 1 aromatic rings. The van der Waals surface area contributed by atoms with Gasteiger partial charge in [0, 0.05) is 5.56 Å². The number of fused-ring (bicyclic) bond motifs is 1. The van der Waals surface area contributed by atoms with E-state index in [0.717, 1.165) is 25.2 Å². The molecule has 0 spiro atoms. The summed E-state index contributed by atoms with van der Waals surface area (Å²) in [4.78, 5) is -0.275. The molecule has 0 radical (unpaired) electrons. The summed E-state index contributed by atoms with van der Waals surface area (Å²) in [6.07, 6.45) is 3.42. The minimum atomic E-state index is -4.56. The first-order valence-electron chi connectivity index (χ1n) is 5.68. The first-order chi connectivity index (χ1) is 8.68. The van der Waals surface area contributed by atoms with Crippen LogP contribution in [-0.4, -0.2) is 27.6 Å². The lowest BCUT2D eigenvalue weighted by molar-refractivity contribution is 0.460. The molecule has 0 saturated heterocycles. The molecule has 19 heavy (non-hydrogen) atoms. The molecule has 0 N–H and O–H groups in total. The monoisotopic (exact) mass is 305 g/mol. The van der Waals surface area contributed by atoms with E-state index in [2.05, 4.69) is 0 Å². The molecule has 1 aliphatic carbocycles. The van der Waals surface area contributed by atoms with Gasteiger partial charge < -0.3 is 8.74 Å². The SMILES string of the molecule is CS(=O)(=O)Oc1ccc(S(=O)(=O)[O-])c2c1CCCC2. The van der Waals surface area contributed by atoms with Crippen LogP contribution in [0.5, 0.6) is 5.75 Å². The molecule has 6 nitrogen and oxygen atoms in total. The van der Waals surface area contributed by atoms with Gasteiger partial charge >= 0.3 is 10.1 Å². The number of benzene rings is 1. The quantitative estimate of drug-likeness (QED) is 0.605. The molecule has 8 heteroatoms. The van der Waals surface area contributed by atoms with Crippen molar-refractivity contribution in [2.24, 2.45) is 0 Å². The molecule has 0 heterocycles. The molecule has 0 bridgehead atoms. The fraction of sp³-hybridized carbons (Fsp3) is 0.455. The molecular weight excluding hydrogens is 292 g/mol. The highest BCUT2D eigenvalue weighted by atomic mass is 32.2. The lowest BCUT2D eigenvalue weighted by atomic mass is 9.91. The van der Waals surface area contributed by atoms with Gasteiger partial charge in [-0.3, -0.25) is 0 Å². The number of hydrogen-bond acceptors (Lipinski definition) is 6. The van der Waals surface area contributed by atoms with E-state index >= 15 is 0 Å². The highest BCUT2D eigenvalue weighted by Gasteiger charge is 2.22. The van der Waals surface area contributed by atoms with E-state index in [4.69, 9.17) is 4.18 Å². The van der Waals surface area contributed by atoms with Gasteiger partial charge in [-0.25, -0.2) is 8.42 Å². The minimum absolute atomic E-state index is 0.115. The molecule has 106 valence electrons. The second-order valence-corrected chi connectivity index (χ2v) is 7.39. The molecule has 1 aliphatic rings. The normalized spacial score (nSPS) is 15.9. The Hall–Kier alpha value is -1.12. The first kappa shape index (κ1) is 14.3. The fourth-order valence-electron chi connectivity index (χ4n) is 2.28. The summed E-state index contributed by atoms with van der Waals surface area (Å²) < 4.78 is 60.7.